The van der Waals surface area contributed by atoms with E-state index in [1.54, 1.807) is 30.5 Å². The number of nitrogens with one attached hydrogen (secondary N) is 1. The maximum Gasteiger partial charge on any atom is 0.269 e. The molecule has 2 aromatic rings. The minimum Gasteiger partial charge on any atom is -0.496 e. The topological polar surface area (TPSA) is 51.2 Å². The molecule has 1 aromatic heterocycles. The summed E-state index contributed by atoms with van der Waals surface area (Å²) in [5, 5.41) is 2.74. The fourth-order valence-corrected chi connectivity index (χ4v) is 1.84. The van der Waals surface area contributed by atoms with Gasteiger partial charge < -0.3 is 10.1 Å². The molecule has 0 bridgehead atoms. The van der Waals surface area contributed by atoms with Crippen molar-refractivity contribution in [3.8, 4) is 5.75 Å². The zero-order valence-corrected chi connectivity index (χ0v) is 11.1. The summed E-state index contributed by atoms with van der Waals surface area (Å²) in [7, 11) is 1.53. The second kappa shape index (κ2) is 6.65. The van der Waals surface area contributed by atoms with Crippen LogP contribution in [0.5, 0.6) is 5.75 Å². The van der Waals surface area contributed by atoms with E-state index in [2.05, 4.69) is 10.3 Å². The van der Waals surface area contributed by atoms with Crippen molar-refractivity contribution in [2.45, 2.75) is 6.42 Å². The summed E-state index contributed by atoms with van der Waals surface area (Å²) in [6, 6.07) is 9.45. The molecule has 1 heterocycles. The molecular weight excluding hydrogens is 259 g/mol. The first-order chi connectivity index (χ1) is 9.70. The first-order valence-corrected chi connectivity index (χ1v) is 6.22. The van der Waals surface area contributed by atoms with Crippen LogP contribution in [0.15, 0.2) is 42.6 Å². The SMILES string of the molecule is COc1ccc(F)cc1CCNC(=O)c1ccccn1. The zero-order valence-electron chi connectivity index (χ0n) is 11.1. The Balaban J connectivity index is 1.93. The second-order valence-electron chi connectivity index (χ2n) is 4.18. The number of halogens is 1. The minimum atomic E-state index is -0.322. The molecule has 0 unspecified atom stereocenters. The van der Waals surface area contributed by atoms with Crippen LogP contribution in [0.4, 0.5) is 4.39 Å². The van der Waals surface area contributed by atoms with E-state index in [1.807, 2.05) is 0 Å². The van der Waals surface area contributed by atoms with Gasteiger partial charge in [-0.25, -0.2) is 4.39 Å². The Morgan fingerprint density at radius 3 is 2.90 bits per heavy atom. The molecule has 2 rings (SSSR count). The Morgan fingerprint density at radius 2 is 2.20 bits per heavy atom. The summed E-state index contributed by atoms with van der Waals surface area (Å²) in [5.41, 5.74) is 1.08. The van der Waals surface area contributed by atoms with Gasteiger partial charge in [-0.15, -0.1) is 0 Å². The Labute approximate surface area is 116 Å². The van der Waals surface area contributed by atoms with E-state index >= 15 is 0 Å². The lowest BCUT2D eigenvalue weighted by Gasteiger charge is -2.09. The van der Waals surface area contributed by atoms with E-state index in [0.717, 1.165) is 0 Å². The molecule has 0 fully saturated rings. The van der Waals surface area contributed by atoms with Crippen LogP contribution in [0.3, 0.4) is 0 Å². The molecule has 4 nitrogen and oxygen atoms in total. The lowest BCUT2D eigenvalue weighted by molar-refractivity contribution is 0.0949. The molecule has 0 aliphatic rings. The van der Waals surface area contributed by atoms with Gasteiger partial charge in [0.25, 0.3) is 5.91 Å². The fourth-order valence-electron chi connectivity index (χ4n) is 1.84. The van der Waals surface area contributed by atoms with Crippen molar-refractivity contribution in [3.63, 3.8) is 0 Å². The van der Waals surface area contributed by atoms with Crippen molar-refractivity contribution in [1.82, 2.24) is 10.3 Å². The number of amides is 1. The van der Waals surface area contributed by atoms with Gasteiger partial charge in [-0.2, -0.15) is 0 Å². The summed E-state index contributed by atoms with van der Waals surface area (Å²) in [5.74, 6) is 0.0382. The van der Waals surface area contributed by atoms with Crippen LogP contribution in [0.2, 0.25) is 0 Å². The number of ether oxygens (including phenoxy) is 1. The van der Waals surface area contributed by atoms with E-state index < -0.39 is 0 Å². The molecule has 0 aliphatic heterocycles. The standard InChI is InChI=1S/C15H15FN2O2/c1-20-14-6-5-12(16)10-11(14)7-9-18-15(19)13-4-2-3-8-17-13/h2-6,8,10H,7,9H2,1H3,(H,18,19). The van der Waals surface area contributed by atoms with Crippen LogP contribution in [-0.2, 0) is 6.42 Å². The molecule has 0 spiro atoms. The van der Waals surface area contributed by atoms with Crippen molar-refractivity contribution in [2.75, 3.05) is 13.7 Å². The smallest absolute Gasteiger partial charge is 0.269 e. The molecule has 1 N–H and O–H groups in total. The highest BCUT2D eigenvalue weighted by atomic mass is 19.1. The van der Waals surface area contributed by atoms with Gasteiger partial charge in [-0.3, -0.25) is 9.78 Å². The molecular formula is C15H15FN2O2. The number of nitrogens with zero attached hydrogens (tertiary/aromatic N) is 1. The normalized spacial score (nSPS) is 10.1. The highest BCUT2D eigenvalue weighted by Gasteiger charge is 2.08. The summed E-state index contributed by atoms with van der Waals surface area (Å²) in [6.07, 6.45) is 2.05. The fraction of sp³-hybridized carbons (Fsp3) is 0.200. The Bertz CT molecular complexity index is 588. The first-order valence-electron chi connectivity index (χ1n) is 6.22. The van der Waals surface area contributed by atoms with Crippen LogP contribution in [0, 0.1) is 5.82 Å². The average molecular weight is 274 g/mol. The Morgan fingerprint density at radius 1 is 1.35 bits per heavy atom. The van der Waals surface area contributed by atoms with Crippen molar-refractivity contribution in [3.05, 3.63) is 59.7 Å². The molecule has 1 aromatic carbocycles. The number of rotatable bonds is 5. The number of aromatic nitrogens is 1. The van der Waals surface area contributed by atoms with Gasteiger partial charge in [0, 0.05) is 12.7 Å². The van der Waals surface area contributed by atoms with Gasteiger partial charge >= 0.3 is 0 Å². The van der Waals surface area contributed by atoms with Gasteiger partial charge in [0.2, 0.25) is 0 Å². The number of hydrogen-bond acceptors (Lipinski definition) is 3. The van der Waals surface area contributed by atoms with Gasteiger partial charge in [0.15, 0.2) is 0 Å². The van der Waals surface area contributed by atoms with Crippen LogP contribution in [-0.4, -0.2) is 24.5 Å². The van der Waals surface area contributed by atoms with Gasteiger partial charge in [-0.05, 0) is 42.3 Å². The lowest BCUT2D eigenvalue weighted by atomic mass is 10.1. The maximum atomic E-state index is 13.2. The highest BCUT2D eigenvalue weighted by molar-refractivity contribution is 5.92. The molecule has 0 radical (unpaired) electrons. The molecule has 0 aliphatic carbocycles. The first kappa shape index (κ1) is 14.0. The minimum absolute atomic E-state index is 0.249. The predicted molar refractivity (Wildman–Crippen MR) is 73.2 cm³/mol. The van der Waals surface area contributed by atoms with E-state index in [1.165, 1.54) is 19.2 Å². The molecule has 20 heavy (non-hydrogen) atoms. The van der Waals surface area contributed by atoms with Crippen molar-refractivity contribution in [1.29, 1.82) is 0 Å². The summed E-state index contributed by atoms with van der Waals surface area (Å²) < 4.78 is 18.3. The van der Waals surface area contributed by atoms with Crippen LogP contribution in [0.25, 0.3) is 0 Å². The predicted octanol–water partition coefficient (Wildman–Crippen LogP) is 2.20. The van der Waals surface area contributed by atoms with E-state index in [4.69, 9.17) is 4.74 Å². The molecule has 0 saturated carbocycles. The summed E-state index contributed by atoms with van der Waals surface area (Å²) in [4.78, 5) is 15.7. The summed E-state index contributed by atoms with van der Waals surface area (Å²) in [6.45, 7) is 0.384. The Kier molecular flexibility index (Phi) is 4.65. The Hall–Kier alpha value is -2.43. The van der Waals surface area contributed by atoms with Crippen molar-refractivity contribution in [2.24, 2.45) is 0 Å². The summed E-state index contributed by atoms with van der Waals surface area (Å²) >= 11 is 0. The number of pyridine rings is 1. The van der Waals surface area contributed by atoms with Gasteiger partial charge in [0.1, 0.15) is 17.3 Å². The molecule has 104 valence electrons. The number of carbonyl (C=O) groups is 1. The zero-order chi connectivity index (χ0) is 14.4. The van der Waals surface area contributed by atoms with Gasteiger partial charge in [-0.1, -0.05) is 6.07 Å². The van der Waals surface area contributed by atoms with Crippen LogP contribution in [0.1, 0.15) is 16.1 Å². The maximum absolute atomic E-state index is 13.2. The molecule has 0 atom stereocenters. The lowest BCUT2D eigenvalue weighted by Crippen LogP contribution is -2.26. The van der Waals surface area contributed by atoms with Crippen LogP contribution >= 0.6 is 0 Å². The quantitative estimate of drug-likeness (QED) is 0.909. The highest BCUT2D eigenvalue weighted by Crippen LogP contribution is 2.19. The van der Waals surface area contributed by atoms with E-state index in [-0.39, 0.29) is 11.7 Å². The number of methoxy groups -OCH3 is 1. The largest absolute Gasteiger partial charge is 0.496 e. The van der Waals surface area contributed by atoms with Crippen LogP contribution < -0.4 is 10.1 Å². The second-order valence-corrected chi connectivity index (χ2v) is 4.18. The third-order valence-corrected chi connectivity index (χ3v) is 2.82. The number of hydrogen-bond donors (Lipinski definition) is 1. The molecule has 0 saturated heterocycles. The van der Waals surface area contributed by atoms with Crippen molar-refractivity contribution >= 4 is 5.91 Å². The molecule has 5 heteroatoms. The van der Waals surface area contributed by atoms with Gasteiger partial charge in [0.05, 0.1) is 7.11 Å². The van der Waals surface area contributed by atoms with Crippen molar-refractivity contribution < 1.29 is 13.9 Å². The average Bonchev–Trinajstić information content (AvgIpc) is 2.48. The number of carbonyl (C=O) groups excluding carboxylic acids is 1. The van der Waals surface area contributed by atoms with E-state index in [9.17, 15) is 9.18 Å². The number of benzene rings is 1. The third-order valence-electron chi connectivity index (χ3n) is 2.82. The third kappa shape index (κ3) is 3.54. The van der Waals surface area contributed by atoms with E-state index in [0.29, 0.717) is 30.0 Å². The molecule has 1 amide bonds. The monoisotopic (exact) mass is 274 g/mol.